The van der Waals surface area contributed by atoms with Crippen LogP contribution in [0.1, 0.15) is 6.42 Å². The molecular weight excluding hydrogens is 146 g/mol. The molecule has 2 aliphatic rings. The van der Waals surface area contributed by atoms with Gasteiger partial charge in [-0.15, -0.1) is 0 Å². The molecule has 1 saturated heterocycles. The van der Waals surface area contributed by atoms with Gasteiger partial charge in [0.1, 0.15) is 5.50 Å². The van der Waals surface area contributed by atoms with E-state index in [2.05, 4.69) is 27.2 Å². The largest absolute Gasteiger partial charge is 0.264 e. The van der Waals surface area contributed by atoms with Crippen LogP contribution in [-0.2, 0) is 0 Å². The van der Waals surface area contributed by atoms with Crippen LogP contribution in [0.2, 0.25) is 0 Å². The smallest absolute Gasteiger partial charge is 0.126 e. The topological polar surface area (TPSA) is 27.3 Å². The predicted octanol–water partition coefficient (Wildman–Crippen LogP) is 0.288. The minimum Gasteiger partial charge on any atom is -0.264 e. The predicted molar refractivity (Wildman–Crippen MR) is 43.0 cm³/mol. The van der Waals surface area contributed by atoms with Crippen LogP contribution < -0.4 is 10.9 Å². The summed E-state index contributed by atoms with van der Waals surface area (Å²) < 4.78 is 0. The Balaban J connectivity index is 2.02. The Morgan fingerprint density at radius 3 is 3.60 bits per heavy atom. The molecule has 4 heteroatoms. The van der Waals surface area contributed by atoms with Gasteiger partial charge in [-0.3, -0.25) is 4.90 Å². The van der Waals surface area contributed by atoms with Gasteiger partial charge in [0.25, 0.3) is 0 Å². The zero-order valence-corrected chi connectivity index (χ0v) is 6.53. The molecular formula is C6H11N3S. The molecule has 0 saturated carbocycles. The molecule has 0 aromatic heterocycles. The number of hydrazine groups is 1. The number of rotatable bonds is 0. The van der Waals surface area contributed by atoms with Crippen LogP contribution in [-0.4, -0.2) is 23.6 Å². The summed E-state index contributed by atoms with van der Waals surface area (Å²) in [6.07, 6.45) is 3.40. The average molecular weight is 157 g/mol. The minimum atomic E-state index is 0.457. The summed E-state index contributed by atoms with van der Waals surface area (Å²) in [6.45, 7) is 2.13. The monoisotopic (exact) mass is 157 g/mol. The molecule has 56 valence electrons. The van der Waals surface area contributed by atoms with E-state index in [-0.39, 0.29) is 0 Å². The second-order valence-corrected chi connectivity index (χ2v) is 3.43. The molecule has 0 amide bonds. The Morgan fingerprint density at radius 1 is 1.60 bits per heavy atom. The van der Waals surface area contributed by atoms with Gasteiger partial charge in [-0.1, -0.05) is 17.8 Å². The average Bonchev–Trinajstić information content (AvgIpc) is 2.28. The van der Waals surface area contributed by atoms with E-state index in [9.17, 15) is 0 Å². The molecule has 0 aliphatic carbocycles. The van der Waals surface area contributed by atoms with Gasteiger partial charge >= 0.3 is 0 Å². The van der Waals surface area contributed by atoms with Gasteiger partial charge in [-0.25, -0.2) is 10.9 Å². The van der Waals surface area contributed by atoms with Gasteiger partial charge in [0, 0.05) is 6.54 Å². The lowest BCUT2D eigenvalue weighted by Gasteiger charge is -2.17. The van der Waals surface area contributed by atoms with Crippen molar-refractivity contribution >= 4 is 11.8 Å². The molecule has 2 aliphatic heterocycles. The zero-order chi connectivity index (χ0) is 6.81. The highest BCUT2D eigenvalue weighted by atomic mass is 32.2. The highest BCUT2D eigenvalue weighted by molar-refractivity contribution is 8.02. The third-order valence-corrected chi connectivity index (χ3v) is 2.75. The molecule has 1 fully saturated rings. The van der Waals surface area contributed by atoms with Gasteiger partial charge < -0.3 is 0 Å². The first kappa shape index (κ1) is 6.67. The van der Waals surface area contributed by atoms with Crippen molar-refractivity contribution in [2.24, 2.45) is 0 Å². The third-order valence-electron chi connectivity index (χ3n) is 1.73. The summed E-state index contributed by atoms with van der Waals surface area (Å²) in [5.41, 5.74) is 6.76. The molecule has 1 atom stereocenters. The highest BCUT2D eigenvalue weighted by Gasteiger charge is 2.23. The highest BCUT2D eigenvalue weighted by Crippen LogP contribution is 2.19. The molecule has 0 bridgehead atoms. The molecule has 0 spiro atoms. The van der Waals surface area contributed by atoms with Crippen molar-refractivity contribution in [3.8, 4) is 0 Å². The molecule has 1 unspecified atom stereocenters. The van der Waals surface area contributed by atoms with Crippen LogP contribution in [0.15, 0.2) is 11.5 Å². The normalized spacial score (nSPS) is 33.8. The van der Waals surface area contributed by atoms with Crippen LogP contribution in [0.3, 0.4) is 0 Å². The zero-order valence-electron chi connectivity index (χ0n) is 5.71. The van der Waals surface area contributed by atoms with Gasteiger partial charge in [-0.2, -0.15) is 0 Å². The van der Waals surface area contributed by atoms with E-state index < -0.39 is 0 Å². The summed E-state index contributed by atoms with van der Waals surface area (Å²) in [4.78, 5) is 2.38. The molecule has 0 radical (unpaired) electrons. The fourth-order valence-corrected chi connectivity index (χ4v) is 2.06. The fourth-order valence-electron chi connectivity index (χ4n) is 1.16. The fraction of sp³-hybridized carbons (Fsp3) is 0.667. The van der Waals surface area contributed by atoms with E-state index in [1.165, 1.54) is 6.42 Å². The van der Waals surface area contributed by atoms with E-state index in [0.29, 0.717) is 5.50 Å². The molecule has 0 aromatic carbocycles. The number of hydrogen-bond donors (Lipinski definition) is 2. The maximum Gasteiger partial charge on any atom is 0.126 e. The van der Waals surface area contributed by atoms with Crippen molar-refractivity contribution in [2.75, 3.05) is 13.2 Å². The van der Waals surface area contributed by atoms with Crippen LogP contribution in [0.4, 0.5) is 0 Å². The Labute approximate surface area is 64.8 Å². The molecule has 0 aromatic rings. The number of fused-ring (bicyclic) bond motifs is 1. The van der Waals surface area contributed by atoms with E-state index in [1.54, 1.807) is 0 Å². The van der Waals surface area contributed by atoms with Crippen LogP contribution >= 0.6 is 11.8 Å². The number of nitrogens with one attached hydrogen (secondary N) is 2. The van der Waals surface area contributed by atoms with Gasteiger partial charge in [-0.05, 0) is 11.8 Å². The van der Waals surface area contributed by atoms with E-state index in [0.717, 1.165) is 13.2 Å². The first-order valence-corrected chi connectivity index (χ1v) is 4.44. The summed E-state index contributed by atoms with van der Waals surface area (Å²) in [5, 5.41) is 2.17. The Hall–Kier alpha value is -0.0300. The molecule has 2 N–H and O–H groups in total. The lowest BCUT2D eigenvalue weighted by molar-refractivity contribution is 0.316. The Bertz CT molecular complexity index is 148. The first-order valence-electron chi connectivity index (χ1n) is 3.50. The van der Waals surface area contributed by atoms with Crippen molar-refractivity contribution in [1.29, 1.82) is 0 Å². The minimum absolute atomic E-state index is 0.457. The SMILES string of the molecule is C1=CSC2NNCN2CC1. The summed E-state index contributed by atoms with van der Waals surface area (Å²) in [7, 11) is 0. The Kier molecular flexibility index (Phi) is 1.95. The number of nitrogens with zero attached hydrogens (tertiary/aromatic N) is 1. The van der Waals surface area contributed by atoms with E-state index in [1.807, 2.05) is 11.8 Å². The number of thioether (sulfide) groups is 1. The van der Waals surface area contributed by atoms with Crippen molar-refractivity contribution in [3.05, 3.63) is 11.5 Å². The lowest BCUT2D eigenvalue weighted by atomic mass is 10.4. The van der Waals surface area contributed by atoms with Crippen molar-refractivity contribution < 1.29 is 0 Å². The van der Waals surface area contributed by atoms with Crippen LogP contribution in [0.5, 0.6) is 0 Å². The van der Waals surface area contributed by atoms with Gasteiger partial charge in [0.05, 0.1) is 6.67 Å². The molecule has 3 nitrogen and oxygen atoms in total. The molecule has 2 rings (SSSR count). The quantitative estimate of drug-likeness (QED) is 0.528. The Morgan fingerprint density at radius 2 is 2.60 bits per heavy atom. The van der Waals surface area contributed by atoms with E-state index >= 15 is 0 Å². The summed E-state index contributed by atoms with van der Waals surface area (Å²) in [6, 6.07) is 0. The maximum atomic E-state index is 3.19. The second-order valence-electron chi connectivity index (χ2n) is 2.44. The van der Waals surface area contributed by atoms with E-state index in [4.69, 9.17) is 0 Å². The van der Waals surface area contributed by atoms with Gasteiger partial charge in [0.15, 0.2) is 0 Å². The third kappa shape index (κ3) is 1.20. The maximum absolute atomic E-state index is 3.19. The standard InChI is InChI=1S/C6H11N3S/c1-2-4-10-6-8-7-5-9(6)3-1/h2,4,6-8H,1,3,5H2. The van der Waals surface area contributed by atoms with Crippen molar-refractivity contribution in [1.82, 2.24) is 15.8 Å². The second kappa shape index (κ2) is 2.92. The first-order chi connectivity index (χ1) is 4.97. The molecule has 10 heavy (non-hydrogen) atoms. The summed E-state index contributed by atoms with van der Waals surface area (Å²) in [5.74, 6) is 0. The van der Waals surface area contributed by atoms with Crippen molar-refractivity contribution in [2.45, 2.75) is 11.9 Å². The molecule has 2 heterocycles. The van der Waals surface area contributed by atoms with Gasteiger partial charge in [0.2, 0.25) is 0 Å². The summed E-state index contributed by atoms with van der Waals surface area (Å²) >= 11 is 1.83. The lowest BCUT2D eigenvalue weighted by Crippen LogP contribution is -2.32. The van der Waals surface area contributed by atoms with Crippen LogP contribution in [0.25, 0.3) is 0 Å². The van der Waals surface area contributed by atoms with Crippen LogP contribution in [0, 0.1) is 0 Å². The number of hydrogen-bond acceptors (Lipinski definition) is 4. The van der Waals surface area contributed by atoms with Crippen molar-refractivity contribution in [3.63, 3.8) is 0 Å².